The van der Waals surface area contributed by atoms with Gasteiger partial charge in [-0.3, -0.25) is 0 Å². The predicted octanol–water partition coefficient (Wildman–Crippen LogP) is 2.61. The van der Waals surface area contributed by atoms with Crippen LogP contribution in [0.1, 0.15) is 44.1 Å². The second-order valence-corrected chi connectivity index (χ2v) is 6.33. The molecular weight excluding hydrogens is 234 g/mol. The molecule has 0 spiro atoms. The van der Waals surface area contributed by atoms with Gasteiger partial charge in [-0.15, -0.1) is 0 Å². The molecule has 2 heterocycles. The number of nitrogens with one attached hydrogen (secondary N) is 1. The molecule has 1 saturated carbocycles. The molecule has 1 atom stereocenters. The summed E-state index contributed by atoms with van der Waals surface area (Å²) in [6, 6.07) is 3.86. The number of hydrogen-bond acceptors (Lipinski definition) is 2. The van der Waals surface area contributed by atoms with Crippen LogP contribution in [0, 0.1) is 0 Å². The number of piperidine rings is 1. The summed E-state index contributed by atoms with van der Waals surface area (Å²) in [5.41, 5.74) is 1.43. The largest absolute Gasteiger partial charge is 0.354 e. The van der Waals surface area contributed by atoms with Crippen molar-refractivity contribution in [3.8, 4) is 0 Å². The van der Waals surface area contributed by atoms with Crippen LogP contribution in [0.5, 0.6) is 0 Å². The zero-order valence-electron chi connectivity index (χ0n) is 12.1. The molecule has 2 fully saturated rings. The first-order valence-electron chi connectivity index (χ1n) is 7.89. The lowest BCUT2D eigenvalue weighted by Crippen LogP contribution is -2.36. The number of likely N-dealkylation sites (tertiary alicyclic amines) is 1. The van der Waals surface area contributed by atoms with Crippen LogP contribution in [0.4, 0.5) is 0 Å². The molecule has 3 rings (SSSR count). The Morgan fingerprint density at radius 2 is 2.16 bits per heavy atom. The van der Waals surface area contributed by atoms with Gasteiger partial charge in [0.15, 0.2) is 0 Å². The Hall–Kier alpha value is -0.800. The van der Waals surface area contributed by atoms with Crippen molar-refractivity contribution in [3.63, 3.8) is 0 Å². The molecule has 3 nitrogen and oxygen atoms in total. The molecule has 0 radical (unpaired) electrons. The van der Waals surface area contributed by atoms with Crippen LogP contribution in [0.3, 0.4) is 0 Å². The van der Waals surface area contributed by atoms with Crippen LogP contribution in [0.15, 0.2) is 18.5 Å². The third-order valence-electron chi connectivity index (χ3n) is 4.63. The summed E-state index contributed by atoms with van der Waals surface area (Å²) in [5, 5.41) is 3.58. The van der Waals surface area contributed by atoms with Crippen molar-refractivity contribution in [2.45, 2.75) is 63.7 Å². The Kier molecular flexibility index (Phi) is 4.24. The minimum absolute atomic E-state index is 0.796. The number of aromatic nitrogens is 1. The van der Waals surface area contributed by atoms with Gasteiger partial charge in [0.05, 0.1) is 0 Å². The van der Waals surface area contributed by atoms with E-state index in [1.54, 1.807) is 0 Å². The van der Waals surface area contributed by atoms with Crippen LogP contribution < -0.4 is 5.32 Å². The Morgan fingerprint density at radius 3 is 2.95 bits per heavy atom. The second-order valence-electron chi connectivity index (χ2n) is 6.33. The molecule has 1 unspecified atom stereocenters. The Morgan fingerprint density at radius 1 is 1.26 bits per heavy atom. The third-order valence-corrected chi connectivity index (χ3v) is 4.63. The Bertz CT molecular complexity index is 394. The molecule has 106 valence electrons. The van der Waals surface area contributed by atoms with Gasteiger partial charge >= 0.3 is 0 Å². The molecule has 1 N–H and O–H groups in total. The summed E-state index contributed by atoms with van der Waals surface area (Å²) in [5.74, 6) is 0. The van der Waals surface area contributed by atoms with Crippen molar-refractivity contribution < 1.29 is 0 Å². The quantitative estimate of drug-likeness (QED) is 0.849. The van der Waals surface area contributed by atoms with Gasteiger partial charge < -0.3 is 14.8 Å². The molecule has 0 aromatic carbocycles. The SMILES string of the molecule is CN1CCCCC1CCn1ccc(CNC2CC2)c1. The highest BCUT2D eigenvalue weighted by molar-refractivity contribution is 5.10. The number of hydrogen-bond donors (Lipinski definition) is 1. The molecule has 1 aliphatic carbocycles. The standard InChI is InChI=1S/C16H27N3/c1-18-9-3-2-4-16(18)8-11-19-10-7-14(13-19)12-17-15-5-6-15/h7,10,13,15-17H,2-6,8-9,11-12H2,1H3. The molecule has 1 aromatic heterocycles. The average molecular weight is 261 g/mol. The molecule has 0 bridgehead atoms. The smallest absolute Gasteiger partial charge is 0.0234 e. The fraction of sp³-hybridized carbons (Fsp3) is 0.750. The zero-order chi connectivity index (χ0) is 13.1. The van der Waals surface area contributed by atoms with Crippen LogP contribution in [0.25, 0.3) is 0 Å². The molecule has 1 aromatic rings. The normalized spacial score (nSPS) is 24.8. The summed E-state index contributed by atoms with van der Waals surface area (Å²) in [4.78, 5) is 2.54. The second kappa shape index (κ2) is 6.10. The van der Waals surface area contributed by atoms with Gasteiger partial charge in [-0.2, -0.15) is 0 Å². The molecule has 2 aliphatic rings. The number of nitrogens with zero attached hydrogens (tertiary/aromatic N) is 2. The molecule has 3 heteroatoms. The maximum atomic E-state index is 3.58. The van der Waals surface area contributed by atoms with E-state index < -0.39 is 0 Å². The molecule has 0 amide bonds. The maximum absolute atomic E-state index is 3.58. The highest BCUT2D eigenvalue weighted by Crippen LogP contribution is 2.20. The third kappa shape index (κ3) is 3.83. The number of rotatable bonds is 6. The van der Waals surface area contributed by atoms with Crippen molar-refractivity contribution in [1.82, 2.24) is 14.8 Å². The van der Waals surface area contributed by atoms with Crippen LogP contribution in [0.2, 0.25) is 0 Å². The Balaban J connectivity index is 1.43. The highest BCUT2D eigenvalue weighted by Gasteiger charge is 2.20. The van der Waals surface area contributed by atoms with Gasteiger partial charge in [0, 0.05) is 37.6 Å². The lowest BCUT2D eigenvalue weighted by molar-refractivity contribution is 0.171. The van der Waals surface area contributed by atoms with Crippen molar-refractivity contribution >= 4 is 0 Å². The lowest BCUT2D eigenvalue weighted by atomic mass is 10.0. The van der Waals surface area contributed by atoms with E-state index in [1.807, 2.05) is 0 Å². The van der Waals surface area contributed by atoms with Crippen molar-refractivity contribution in [2.75, 3.05) is 13.6 Å². The van der Waals surface area contributed by atoms with E-state index in [-0.39, 0.29) is 0 Å². The zero-order valence-corrected chi connectivity index (χ0v) is 12.1. The lowest BCUT2D eigenvalue weighted by Gasteiger charge is -2.32. The fourth-order valence-corrected chi connectivity index (χ4v) is 3.09. The first kappa shape index (κ1) is 13.2. The van der Waals surface area contributed by atoms with Crippen molar-refractivity contribution in [2.24, 2.45) is 0 Å². The Labute approximate surface area is 117 Å². The van der Waals surface area contributed by atoms with Gasteiger partial charge in [-0.25, -0.2) is 0 Å². The maximum Gasteiger partial charge on any atom is 0.0234 e. The van der Waals surface area contributed by atoms with Gasteiger partial charge in [0.2, 0.25) is 0 Å². The minimum Gasteiger partial charge on any atom is -0.354 e. The van der Waals surface area contributed by atoms with E-state index in [1.165, 1.54) is 57.2 Å². The summed E-state index contributed by atoms with van der Waals surface area (Å²) in [6.07, 6.45) is 12.8. The van der Waals surface area contributed by atoms with E-state index in [9.17, 15) is 0 Å². The van der Waals surface area contributed by atoms with E-state index in [2.05, 4.69) is 40.3 Å². The highest BCUT2D eigenvalue weighted by atomic mass is 15.1. The van der Waals surface area contributed by atoms with Gasteiger partial charge in [0.25, 0.3) is 0 Å². The molecule has 1 saturated heterocycles. The topological polar surface area (TPSA) is 20.2 Å². The molecule has 19 heavy (non-hydrogen) atoms. The molecular formula is C16H27N3. The summed E-state index contributed by atoms with van der Waals surface area (Å²) < 4.78 is 2.37. The van der Waals surface area contributed by atoms with E-state index >= 15 is 0 Å². The van der Waals surface area contributed by atoms with E-state index in [0.29, 0.717) is 0 Å². The van der Waals surface area contributed by atoms with Gasteiger partial charge in [-0.1, -0.05) is 6.42 Å². The molecule has 1 aliphatic heterocycles. The first-order chi connectivity index (χ1) is 9.31. The van der Waals surface area contributed by atoms with Crippen LogP contribution in [-0.2, 0) is 13.1 Å². The van der Waals surface area contributed by atoms with Crippen molar-refractivity contribution in [3.05, 3.63) is 24.0 Å². The monoisotopic (exact) mass is 261 g/mol. The summed E-state index contributed by atoms with van der Waals surface area (Å²) in [6.45, 7) is 3.49. The van der Waals surface area contributed by atoms with Gasteiger partial charge in [0.1, 0.15) is 0 Å². The number of aryl methyl sites for hydroxylation is 1. The van der Waals surface area contributed by atoms with Crippen LogP contribution >= 0.6 is 0 Å². The van der Waals surface area contributed by atoms with Crippen LogP contribution in [-0.4, -0.2) is 35.1 Å². The van der Waals surface area contributed by atoms with E-state index in [0.717, 1.165) is 18.6 Å². The van der Waals surface area contributed by atoms with Gasteiger partial charge in [-0.05, 0) is 57.3 Å². The first-order valence-corrected chi connectivity index (χ1v) is 7.89. The summed E-state index contributed by atoms with van der Waals surface area (Å²) in [7, 11) is 2.28. The fourth-order valence-electron chi connectivity index (χ4n) is 3.09. The van der Waals surface area contributed by atoms with Crippen molar-refractivity contribution in [1.29, 1.82) is 0 Å². The average Bonchev–Trinajstić information content (AvgIpc) is 3.14. The minimum atomic E-state index is 0.796. The van der Waals surface area contributed by atoms with E-state index in [4.69, 9.17) is 0 Å². The predicted molar refractivity (Wildman–Crippen MR) is 79.2 cm³/mol. The summed E-state index contributed by atoms with van der Waals surface area (Å²) >= 11 is 0.